The lowest BCUT2D eigenvalue weighted by Crippen LogP contribution is -2.42. The number of urea groups is 1. The minimum absolute atomic E-state index is 0.155. The fourth-order valence-corrected chi connectivity index (χ4v) is 2.27. The van der Waals surface area contributed by atoms with E-state index >= 15 is 0 Å². The number of benzene rings is 2. The van der Waals surface area contributed by atoms with Gasteiger partial charge in [0.2, 0.25) is 5.91 Å². The van der Waals surface area contributed by atoms with Crippen LogP contribution in [0.3, 0.4) is 0 Å². The standard InChI is InChI=1S/C19H22FN3O3/c1-13(15-4-3-5-16(20)10-15)23-19(25)22-12-18(24)21-11-14-6-8-17(26-2)9-7-14/h3-10,13H,11-12H2,1-2H3,(H,21,24)(H2,22,23,25)/t13-/m1/s1. The number of halogens is 1. The molecule has 0 aliphatic heterocycles. The molecular weight excluding hydrogens is 337 g/mol. The number of nitrogens with one attached hydrogen (secondary N) is 3. The molecule has 0 heterocycles. The van der Waals surface area contributed by atoms with Crippen molar-refractivity contribution < 1.29 is 18.7 Å². The van der Waals surface area contributed by atoms with Gasteiger partial charge in [-0.2, -0.15) is 0 Å². The highest BCUT2D eigenvalue weighted by Gasteiger charge is 2.11. The van der Waals surface area contributed by atoms with E-state index in [9.17, 15) is 14.0 Å². The number of amides is 3. The summed E-state index contributed by atoms with van der Waals surface area (Å²) in [6.45, 7) is 1.93. The maximum Gasteiger partial charge on any atom is 0.315 e. The average Bonchev–Trinajstić information content (AvgIpc) is 2.65. The topological polar surface area (TPSA) is 79.5 Å². The van der Waals surface area contributed by atoms with E-state index in [-0.39, 0.29) is 24.3 Å². The molecule has 0 radical (unpaired) electrons. The van der Waals surface area contributed by atoms with Crippen molar-refractivity contribution >= 4 is 11.9 Å². The van der Waals surface area contributed by atoms with E-state index in [1.165, 1.54) is 12.1 Å². The van der Waals surface area contributed by atoms with Gasteiger partial charge >= 0.3 is 6.03 Å². The number of rotatable bonds is 7. The van der Waals surface area contributed by atoms with Crippen molar-refractivity contribution in [3.05, 3.63) is 65.5 Å². The van der Waals surface area contributed by atoms with Crippen LogP contribution in [0.2, 0.25) is 0 Å². The highest BCUT2D eigenvalue weighted by Crippen LogP contribution is 2.13. The molecule has 7 heteroatoms. The molecule has 0 bridgehead atoms. The summed E-state index contributed by atoms with van der Waals surface area (Å²) in [5, 5.41) is 7.84. The Bertz CT molecular complexity index is 750. The van der Waals surface area contributed by atoms with Crippen LogP contribution in [0.5, 0.6) is 5.75 Å². The van der Waals surface area contributed by atoms with E-state index in [0.29, 0.717) is 12.1 Å². The van der Waals surface area contributed by atoms with Crippen LogP contribution in [0, 0.1) is 5.82 Å². The van der Waals surface area contributed by atoms with Gasteiger partial charge in [-0.15, -0.1) is 0 Å². The minimum atomic E-state index is -0.499. The van der Waals surface area contributed by atoms with Crippen molar-refractivity contribution in [1.29, 1.82) is 0 Å². The van der Waals surface area contributed by atoms with Gasteiger partial charge in [0.15, 0.2) is 0 Å². The Morgan fingerprint density at radius 1 is 1.12 bits per heavy atom. The number of hydrogen-bond donors (Lipinski definition) is 3. The first-order valence-corrected chi connectivity index (χ1v) is 8.17. The molecule has 6 nitrogen and oxygen atoms in total. The molecule has 0 saturated heterocycles. The number of carbonyl (C=O) groups is 2. The normalized spacial score (nSPS) is 11.3. The van der Waals surface area contributed by atoms with Gasteiger partial charge in [-0.1, -0.05) is 24.3 Å². The van der Waals surface area contributed by atoms with E-state index in [0.717, 1.165) is 11.3 Å². The zero-order valence-electron chi connectivity index (χ0n) is 14.7. The maximum atomic E-state index is 13.2. The summed E-state index contributed by atoms with van der Waals surface area (Å²) in [5.74, 6) is 0.0645. The summed E-state index contributed by atoms with van der Waals surface area (Å²) < 4.78 is 18.3. The van der Waals surface area contributed by atoms with Gasteiger partial charge in [-0.3, -0.25) is 4.79 Å². The van der Waals surface area contributed by atoms with E-state index in [2.05, 4.69) is 16.0 Å². The first kappa shape index (κ1) is 19.2. The molecule has 3 amide bonds. The second-order valence-electron chi connectivity index (χ2n) is 5.73. The molecule has 0 aromatic heterocycles. The summed E-state index contributed by atoms with van der Waals surface area (Å²) in [7, 11) is 1.59. The number of hydrogen-bond acceptors (Lipinski definition) is 3. The Hall–Kier alpha value is -3.09. The van der Waals surface area contributed by atoms with Gasteiger partial charge < -0.3 is 20.7 Å². The molecular formula is C19H22FN3O3. The Morgan fingerprint density at radius 2 is 1.85 bits per heavy atom. The summed E-state index contributed by atoms with van der Waals surface area (Å²) in [6, 6.07) is 12.4. The summed E-state index contributed by atoms with van der Waals surface area (Å²) in [5.41, 5.74) is 1.56. The average molecular weight is 359 g/mol. The lowest BCUT2D eigenvalue weighted by atomic mass is 10.1. The summed E-state index contributed by atoms with van der Waals surface area (Å²) >= 11 is 0. The second-order valence-corrected chi connectivity index (χ2v) is 5.73. The van der Waals surface area contributed by atoms with Gasteiger partial charge in [-0.25, -0.2) is 9.18 Å². The molecule has 2 aromatic rings. The molecule has 0 saturated carbocycles. The first-order valence-electron chi connectivity index (χ1n) is 8.17. The zero-order valence-corrected chi connectivity index (χ0v) is 14.7. The van der Waals surface area contributed by atoms with Gasteiger partial charge in [0.25, 0.3) is 0 Å². The van der Waals surface area contributed by atoms with Crippen LogP contribution in [0.4, 0.5) is 9.18 Å². The van der Waals surface area contributed by atoms with Crippen LogP contribution in [-0.4, -0.2) is 25.6 Å². The van der Waals surface area contributed by atoms with Crippen molar-refractivity contribution in [3.8, 4) is 5.75 Å². The van der Waals surface area contributed by atoms with Crippen molar-refractivity contribution in [2.75, 3.05) is 13.7 Å². The molecule has 0 spiro atoms. The SMILES string of the molecule is COc1ccc(CNC(=O)CNC(=O)N[C@H](C)c2cccc(F)c2)cc1. The third-order valence-corrected chi connectivity index (χ3v) is 3.75. The Kier molecular flexibility index (Phi) is 6.96. The van der Waals surface area contributed by atoms with Crippen LogP contribution >= 0.6 is 0 Å². The molecule has 3 N–H and O–H groups in total. The van der Waals surface area contributed by atoms with E-state index in [1.807, 2.05) is 12.1 Å². The smallest absolute Gasteiger partial charge is 0.315 e. The predicted octanol–water partition coefficient (Wildman–Crippen LogP) is 2.51. The van der Waals surface area contributed by atoms with Crippen LogP contribution in [0.15, 0.2) is 48.5 Å². The summed E-state index contributed by atoms with van der Waals surface area (Å²) in [6.07, 6.45) is 0. The molecule has 0 unspecified atom stereocenters. The first-order chi connectivity index (χ1) is 12.5. The zero-order chi connectivity index (χ0) is 18.9. The van der Waals surface area contributed by atoms with Gasteiger partial charge in [0.1, 0.15) is 11.6 Å². The largest absolute Gasteiger partial charge is 0.497 e. The third kappa shape index (κ3) is 6.08. The third-order valence-electron chi connectivity index (χ3n) is 3.75. The van der Waals surface area contributed by atoms with Crippen LogP contribution < -0.4 is 20.7 Å². The fraction of sp³-hybridized carbons (Fsp3) is 0.263. The molecule has 26 heavy (non-hydrogen) atoms. The van der Waals surface area contributed by atoms with Crippen LogP contribution in [-0.2, 0) is 11.3 Å². The van der Waals surface area contributed by atoms with Crippen molar-refractivity contribution in [2.45, 2.75) is 19.5 Å². The molecule has 1 atom stereocenters. The van der Waals surface area contributed by atoms with Gasteiger partial charge in [0.05, 0.1) is 19.7 Å². The van der Waals surface area contributed by atoms with Gasteiger partial charge in [-0.05, 0) is 42.3 Å². The number of methoxy groups -OCH3 is 1. The maximum absolute atomic E-state index is 13.2. The second kappa shape index (κ2) is 9.41. The lowest BCUT2D eigenvalue weighted by molar-refractivity contribution is -0.120. The highest BCUT2D eigenvalue weighted by molar-refractivity contribution is 5.84. The molecule has 0 fully saturated rings. The van der Waals surface area contributed by atoms with E-state index < -0.39 is 6.03 Å². The van der Waals surface area contributed by atoms with Gasteiger partial charge in [0, 0.05) is 6.54 Å². The molecule has 2 aromatic carbocycles. The number of carbonyl (C=O) groups excluding carboxylic acids is 2. The van der Waals surface area contributed by atoms with Crippen molar-refractivity contribution in [1.82, 2.24) is 16.0 Å². The Labute approximate surface area is 151 Å². The molecule has 138 valence electrons. The number of ether oxygens (including phenoxy) is 1. The predicted molar refractivity (Wildman–Crippen MR) is 96.2 cm³/mol. The molecule has 0 aliphatic rings. The van der Waals surface area contributed by atoms with E-state index in [4.69, 9.17) is 4.74 Å². The molecule has 0 aliphatic carbocycles. The Morgan fingerprint density at radius 3 is 2.50 bits per heavy atom. The monoisotopic (exact) mass is 359 g/mol. The fourth-order valence-electron chi connectivity index (χ4n) is 2.27. The van der Waals surface area contributed by atoms with Crippen molar-refractivity contribution in [3.63, 3.8) is 0 Å². The molecule has 2 rings (SSSR count). The summed E-state index contributed by atoms with van der Waals surface area (Å²) in [4.78, 5) is 23.7. The van der Waals surface area contributed by atoms with Crippen LogP contribution in [0.25, 0.3) is 0 Å². The Balaban J connectivity index is 1.71. The minimum Gasteiger partial charge on any atom is -0.497 e. The van der Waals surface area contributed by atoms with Crippen LogP contribution in [0.1, 0.15) is 24.1 Å². The quantitative estimate of drug-likeness (QED) is 0.711. The highest BCUT2D eigenvalue weighted by atomic mass is 19.1. The van der Waals surface area contributed by atoms with E-state index in [1.54, 1.807) is 38.3 Å². The lowest BCUT2D eigenvalue weighted by Gasteiger charge is -2.15. The van der Waals surface area contributed by atoms with Crippen molar-refractivity contribution in [2.24, 2.45) is 0 Å².